The van der Waals surface area contributed by atoms with Crippen LogP contribution in [0.5, 0.6) is 11.5 Å². The molecule has 2 heterocycles. The Kier molecular flexibility index (Phi) is 12.9. The van der Waals surface area contributed by atoms with Crippen molar-refractivity contribution in [1.29, 1.82) is 0 Å². The van der Waals surface area contributed by atoms with Gasteiger partial charge in [0.25, 0.3) is 0 Å². The van der Waals surface area contributed by atoms with Gasteiger partial charge in [-0.3, -0.25) is 0 Å². The number of allylic oxidation sites excluding steroid dienone is 1. The van der Waals surface area contributed by atoms with E-state index in [1.807, 2.05) is 29.9 Å². The zero-order chi connectivity index (χ0) is 33.9. The lowest BCUT2D eigenvalue weighted by Crippen LogP contribution is -2.63. The number of aliphatic hydroxyl groups excluding tert-OH is 2. The van der Waals surface area contributed by atoms with Crippen molar-refractivity contribution in [3.8, 4) is 11.5 Å². The quantitative estimate of drug-likeness (QED) is 0.0912. The predicted molar refractivity (Wildman–Crippen MR) is 186 cm³/mol. The van der Waals surface area contributed by atoms with Crippen molar-refractivity contribution in [2.45, 2.75) is 95.8 Å². The third-order valence-electron chi connectivity index (χ3n) is 10.0. The van der Waals surface area contributed by atoms with E-state index in [0.717, 1.165) is 91.8 Å². The number of aromatic nitrogens is 3. The molecule has 1 fully saturated rings. The number of rotatable bonds is 20. The number of fused-ring (bicyclic) bond motifs is 2. The fraction of sp³-hybridized carbons (Fsp3) is 0.605. The third-order valence-corrected chi connectivity index (χ3v) is 10.0. The van der Waals surface area contributed by atoms with Crippen LogP contribution in [0.1, 0.15) is 94.9 Å². The molecule has 6 unspecified atom stereocenters. The smallest absolute Gasteiger partial charge is 0.241 e. The van der Waals surface area contributed by atoms with Crippen LogP contribution in [0, 0.1) is 17.8 Å². The number of aliphatic hydroxyl groups is 2. The number of aryl methyl sites for hydroxylation is 1. The number of nitrogens with zero attached hydrogens (tertiary/aromatic N) is 4. The Hall–Kier alpha value is -3.47. The summed E-state index contributed by atoms with van der Waals surface area (Å²) in [5.41, 5.74) is 4.06. The lowest BCUT2D eigenvalue weighted by molar-refractivity contribution is -0.252. The number of hydrogen-bond donors (Lipinski definition) is 2. The lowest BCUT2D eigenvalue weighted by atomic mass is 9.55. The van der Waals surface area contributed by atoms with Crippen LogP contribution in [0.15, 0.2) is 66.5 Å². The van der Waals surface area contributed by atoms with Crippen LogP contribution in [0.2, 0.25) is 0 Å². The highest BCUT2D eigenvalue weighted by atomic mass is 16.7. The molecule has 262 valence electrons. The van der Waals surface area contributed by atoms with Crippen LogP contribution in [-0.2, 0) is 16.0 Å². The largest absolute Gasteiger partial charge is 0.490 e. The van der Waals surface area contributed by atoms with Crippen LogP contribution in [0.3, 0.4) is 0 Å². The van der Waals surface area contributed by atoms with Gasteiger partial charge in [0.1, 0.15) is 30.8 Å². The molecule has 0 saturated heterocycles. The Bertz CT molecular complexity index is 1420. The maximum absolute atomic E-state index is 9.80. The summed E-state index contributed by atoms with van der Waals surface area (Å²) in [5, 5.41) is 33.3. The molecule has 10 nitrogen and oxygen atoms in total. The Balaban J connectivity index is 1.77. The van der Waals surface area contributed by atoms with Crippen molar-refractivity contribution in [1.82, 2.24) is 15.0 Å². The van der Waals surface area contributed by atoms with E-state index in [1.165, 1.54) is 0 Å². The van der Waals surface area contributed by atoms with Gasteiger partial charge in [-0.25, -0.2) is 4.68 Å². The van der Waals surface area contributed by atoms with Crippen molar-refractivity contribution in [2.24, 2.45) is 22.9 Å². The van der Waals surface area contributed by atoms with Gasteiger partial charge in [0.2, 0.25) is 5.79 Å². The number of hydrogen-bond acceptors (Lipinski definition) is 9. The summed E-state index contributed by atoms with van der Waals surface area (Å²) in [6.07, 6.45) is 16.3. The molecule has 6 atom stereocenters. The maximum Gasteiger partial charge on any atom is 0.241 e. The minimum Gasteiger partial charge on any atom is -0.490 e. The highest BCUT2D eigenvalue weighted by Crippen LogP contribution is 2.63. The monoisotopic (exact) mass is 662 g/mol. The lowest BCUT2D eigenvalue weighted by Gasteiger charge is -2.58. The Labute approximate surface area is 285 Å². The first-order valence-corrected chi connectivity index (χ1v) is 17.9. The van der Waals surface area contributed by atoms with Crippen LogP contribution in [0.4, 0.5) is 0 Å². The van der Waals surface area contributed by atoms with Crippen molar-refractivity contribution in [3.05, 3.63) is 72.6 Å². The zero-order valence-electron chi connectivity index (χ0n) is 28.8. The second kappa shape index (κ2) is 17.3. The van der Waals surface area contributed by atoms with E-state index in [-0.39, 0.29) is 49.5 Å². The van der Waals surface area contributed by atoms with Gasteiger partial charge in [-0.05, 0) is 81.1 Å². The highest BCUT2D eigenvalue weighted by molar-refractivity contribution is 6.02. The molecule has 0 bridgehead atoms. The number of ether oxygens (including phenoxy) is 3. The third kappa shape index (κ3) is 7.40. The summed E-state index contributed by atoms with van der Waals surface area (Å²) >= 11 is 0. The van der Waals surface area contributed by atoms with Gasteiger partial charge in [-0.2, -0.15) is 0 Å². The summed E-state index contributed by atoms with van der Waals surface area (Å²) < 4.78 is 22.3. The number of unbranched alkanes of at least 4 members (excludes halogenated alkanes) is 3. The number of benzene rings is 1. The fourth-order valence-electron chi connectivity index (χ4n) is 8.03. The molecule has 2 aromatic rings. The van der Waals surface area contributed by atoms with Crippen molar-refractivity contribution >= 4 is 5.71 Å². The van der Waals surface area contributed by atoms with E-state index in [2.05, 4.69) is 42.5 Å². The molecular formula is C38H54N4O6. The van der Waals surface area contributed by atoms with Gasteiger partial charge in [0.05, 0.1) is 30.1 Å². The molecule has 1 saturated carbocycles. The van der Waals surface area contributed by atoms with Gasteiger partial charge in [-0.1, -0.05) is 61.4 Å². The number of oxime groups is 1. The van der Waals surface area contributed by atoms with E-state index < -0.39 is 5.79 Å². The van der Waals surface area contributed by atoms with E-state index >= 15 is 0 Å². The van der Waals surface area contributed by atoms with Gasteiger partial charge in [-0.15, -0.1) is 11.7 Å². The summed E-state index contributed by atoms with van der Waals surface area (Å²) in [6.45, 7) is 13.4. The van der Waals surface area contributed by atoms with Gasteiger partial charge >= 0.3 is 0 Å². The molecule has 1 aliphatic heterocycles. The fourth-order valence-corrected chi connectivity index (χ4v) is 8.03. The normalized spacial score (nSPS) is 26.6. The van der Waals surface area contributed by atoms with Gasteiger partial charge in [0.15, 0.2) is 0 Å². The minimum atomic E-state index is -1.15. The van der Waals surface area contributed by atoms with Crippen LogP contribution >= 0.6 is 0 Å². The van der Waals surface area contributed by atoms with Crippen LogP contribution < -0.4 is 9.47 Å². The average molecular weight is 663 g/mol. The maximum atomic E-state index is 9.80. The SMILES string of the molecule is C=CCOc1ccc2c(c1)C1C(CCCCO)C(CCCCO)C=C3C(=NOCC)CC(n4nncc4CCCC)C(OCC=C)(O2)C31. The first-order valence-electron chi connectivity index (χ1n) is 17.9. The predicted octanol–water partition coefficient (Wildman–Crippen LogP) is 6.71. The van der Waals surface area contributed by atoms with E-state index in [4.69, 9.17) is 24.2 Å². The molecule has 0 amide bonds. The molecule has 0 radical (unpaired) electrons. The molecule has 5 rings (SSSR count). The average Bonchev–Trinajstić information content (AvgIpc) is 3.57. The summed E-state index contributed by atoms with van der Waals surface area (Å²) in [4.78, 5) is 5.81. The van der Waals surface area contributed by atoms with E-state index in [0.29, 0.717) is 19.6 Å². The molecule has 0 spiro atoms. The summed E-state index contributed by atoms with van der Waals surface area (Å²) in [7, 11) is 0. The Morgan fingerprint density at radius 1 is 1.06 bits per heavy atom. The zero-order valence-corrected chi connectivity index (χ0v) is 28.8. The van der Waals surface area contributed by atoms with E-state index in [1.54, 1.807) is 12.2 Å². The van der Waals surface area contributed by atoms with Gasteiger partial charge < -0.3 is 29.3 Å². The second-order valence-corrected chi connectivity index (χ2v) is 13.1. The Morgan fingerprint density at radius 3 is 2.58 bits per heavy atom. The van der Waals surface area contributed by atoms with Gasteiger partial charge in [0, 0.05) is 31.1 Å². The summed E-state index contributed by atoms with van der Waals surface area (Å²) in [5.74, 6) is 0.506. The molecule has 10 heteroatoms. The first-order chi connectivity index (χ1) is 23.6. The molecule has 1 aromatic carbocycles. The molecule has 48 heavy (non-hydrogen) atoms. The minimum absolute atomic E-state index is 0.0269. The first kappa shape index (κ1) is 35.8. The second-order valence-electron chi connectivity index (χ2n) is 13.1. The highest BCUT2D eigenvalue weighted by Gasteiger charge is 2.65. The molecule has 3 aliphatic rings. The van der Waals surface area contributed by atoms with Crippen LogP contribution in [0.25, 0.3) is 0 Å². The Morgan fingerprint density at radius 2 is 1.85 bits per heavy atom. The van der Waals surface area contributed by atoms with Crippen LogP contribution in [-0.4, -0.2) is 69.7 Å². The van der Waals surface area contributed by atoms with Crippen molar-refractivity contribution < 1.29 is 29.3 Å². The summed E-state index contributed by atoms with van der Waals surface area (Å²) in [6, 6.07) is 5.70. The molecular weight excluding hydrogens is 608 g/mol. The topological polar surface area (TPSA) is 120 Å². The molecule has 2 aliphatic carbocycles. The standard InChI is InChI=1S/C38H54N4O6/c1-5-9-15-28-26-39-41-42(28)35-25-33(40-47-8-4)31-23-27(14-10-12-19-43)30(16-11-13-20-44)36-32-24-29(45-21-6-2)17-18-34(32)48-38(35,37(31)36)46-22-7-3/h6-7,17-18,23-24,26-27,30,35-37,43-44H,2-3,5,8-16,19-22,25H2,1,4H3. The molecule has 2 N–H and O–H groups in total. The van der Waals surface area contributed by atoms with E-state index in [9.17, 15) is 10.2 Å². The van der Waals surface area contributed by atoms with Crippen molar-refractivity contribution in [2.75, 3.05) is 33.0 Å². The van der Waals surface area contributed by atoms with Crippen molar-refractivity contribution in [3.63, 3.8) is 0 Å². The molecule has 1 aromatic heterocycles.